The van der Waals surface area contributed by atoms with Gasteiger partial charge in [-0.2, -0.15) is 0 Å². The van der Waals surface area contributed by atoms with Crippen LogP contribution in [-0.2, 0) is 6.54 Å². The molecule has 0 spiro atoms. The lowest BCUT2D eigenvalue weighted by Gasteiger charge is -2.23. The second-order valence-corrected chi connectivity index (χ2v) is 5.14. The summed E-state index contributed by atoms with van der Waals surface area (Å²) in [6.45, 7) is 5.73. The second kappa shape index (κ2) is 7.53. The van der Waals surface area contributed by atoms with Crippen LogP contribution in [0, 0.1) is 10.1 Å². The van der Waals surface area contributed by atoms with Crippen molar-refractivity contribution in [3.63, 3.8) is 0 Å². The predicted molar refractivity (Wildman–Crippen MR) is 90.8 cm³/mol. The van der Waals surface area contributed by atoms with Crippen LogP contribution in [0.25, 0.3) is 0 Å². The molecule has 0 radical (unpaired) electrons. The van der Waals surface area contributed by atoms with Crippen LogP contribution < -0.4 is 9.80 Å². The molecule has 2 aromatic rings. The highest BCUT2D eigenvalue weighted by Gasteiger charge is 2.27. The second-order valence-electron chi connectivity index (χ2n) is 5.14. The zero-order valence-electron chi connectivity index (χ0n) is 13.6. The quantitative estimate of drug-likeness (QED) is 0.577. The van der Waals surface area contributed by atoms with E-state index in [1.165, 1.54) is 6.33 Å². The van der Waals surface area contributed by atoms with E-state index < -0.39 is 4.92 Å². The summed E-state index contributed by atoms with van der Waals surface area (Å²) in [7, 11) is 1.80. The average Bonchev–Trinajstić information content (AvgIpc) is 2.56. The SMILES string of the molecule is CCN(CC)c1ncnc(N(C)Cc2ccccc2)c1[N+](=O)[O-]. The van der Waals surface area contributed by atoms with Crippen molar-refractivity contribution < 1.29 is 4.92 Å². The fraction of sp³-hybridized carbons (Fsp3) is 0.375. The Balaban J connectivity index is 2.41. The van der Waals surface area contributed by atoms with Crippen LogP contribution in [0.15, 0.2) is 36.7 Å². The Labute approximate surface area is 135 Å². The molecule has 0 unspecified atom stereocenters. The number of anilines is 2. The van der Waals surface area contributed by atoms with E-state index in [1.807, 2.05) is 49.1 Å². The van der Waals surface area contributed by atoms with E-state index in [2.05, 4.69) is 9.97 Å². The van der Waals surface area contributed by atoms with Crippen LogP contribution in [0.2, 0.25) is 0 Å². The van der Waals surface area contributed by atoms with E-state index in [0.717, 1.165) is 5.56 Å². The molecule has 1 aromatic carbocycles. The largest absolute Gasteiger partial charge is 0.353 e. The fourth-order valence-corrected chi connectivity index (χ4v) is 2.49. The molecule has 0 N–H and O–H groups in total. The minimum Gasteiger partial charge on any atom is -0.351 e. The van der Waals surface area contributed by atoms with Crippen molar-refractivity contribution in [3.8, 4) is 0 Å². The summed E-state index contributed by atoms with van der Waals surface area (Å²) in [4.78, 5) is 23.1. The molecule has 0 bridgehead atoms. The number of hydrogen-bond donors (Lipinski definition) is 0. The molecule has 0 atom stereocenters. The van der Waals surface area contributed by atoms with E-state index in [-0.39, 0.29) is 5.69 Å². The molecular weight excluding hydrogens is 294 g/mol. The standard InChI is InChI=1S/C16H21N5O2/c1-4-20(5-2)16-14(21(22)23)15(17-12-18-16)19(3)11-13-9-7-6-8-10-13/h6-10,12H,4-5,11H2,1-3H3. The number of hydrogen-bond acceptors (Lipinski definition) is 6. The lowest BCUT2D eigenvalue weighted by atomic mass is 10.2. The van der Waals surface area contributed by atoms with E-state index in [1.54, 1.807) is 11.9 Å². The Morgan fingerprint density at radius 1 is 1.09 bits per heavy atom. The molecule has 122 valence electrons. The summed E-state index contributed by atoms with van der Waals surface area (Å²) >= 11 is 0. The molecule has 0 saturated carbocycles. The van der Waals surface area contributed by atoms with Crippen LogP contribution >= 0.6 is 0 Å². The van der Waals surface area contributed by atoms with Gasteiger partial charge in [0.25, 0.3) is 0 Å². The topological polar surface area (TPSA) is 75.4 Å². The van der Waals surface area contributed by atoms with Crippen molar-refractivity contribution in [3.05, 3.63) is 52.3 Å². The van der Waals surface area contributed by atoms with Crippen molar-refractivity contribution in [2.75, 3.05) is 29.9 Å². The van der Waals surface area contributed by atoms with Crippen LogP contribution in [0.4, 0.5) is 17.3 Å². The first-order chi connectivity index (χ1) is 11.1. The molecule has 1 aromatic heterocycles. The Kier molecular flexibility index (Phi) is 5.46. The van der Waals surface area contributed by atoms with Gasteiger partial charge in [0.15, 0.2) is 0 Å². The Morgan fingerprint density at radius 3 is 2.26 bits per heavy atom. The summed E-state index contributed by atoms with van der Waals surface area (Å²) in [6, 6.07) is 9.79. The first-order valence-corrected chi connectivity index (χ1v) is 7.57. The smallest absolute Gasteiger partial charge is 0.351 e. The molecule has 1 heterocycles. The third-order valence-corrected chi connectivity index (χ3v) is 3.65. The van der Waals surface area contributed by atoms with Gasteiger partial charge in [-0.05, 0) is 19.4 Å². The van der Waals surface area contributed by atoms with E-state index in [9.17, 15) is 10.1 Å². The van der Waals surface area contributed by atoms with Crippen molar-refractivity contribution in [2.45, 2.75) is 20.4 Å². The Bertz CT molecular complexity index is 659. The van der Waals surface area contributed by atoms with Crippen molar-refractivity contribution in [2.24, 2.45) is 0 Å². The van der Waals surface area contributed by atoms with Gasteiger partial charge in [0.1, 0.15) is 6.33 Å². The van der Waals surface area contributed by atoms with Gasteiger partial charge < -0.3 is 9.80 Å². The Morgan fingerprint density at radius 2 is 1.70 bits per heavy atom. The van der Waals surface area contributed by atoms with Gasteiger partial charge in [-0.3, -0.25) is 10.1 Å². The first-order valence-electron chi connectivity index (χ1n) is 7.57. The number of nitro groups is 1. The van der Waals surface area contributed by atoms with Crippen LogP contribution in [0.5, 0.6) is 0 Å². The highest BCUT2D eigenvalue weighted by molar-refractivity contribution is 5.71. The van der Waals surface area contributed by atoms with Gasteiger partial charge >= 0.3 is 5.69 Å². The average molecular weight is 315 g/mol. The summed E-state index contributed by atoms with van der Waals surface area (Å²) < 4.78 is 0. The van der Waals surface area contributed by atoms with Gasteiger partial charge in [-0.1, -0.05) is 30.3 Å². The van der Waals surface area contributed by atoms with E-state index >= 15 is 0 Å². The molecule has 23 heavy (non-hydrogen) atoms. The summed E-state index contributed by atoms with van der Waals surface area (Å²) in [5.41, 5.74) is 1.02. The zero-order chi connectivity index (χ0) is 16.8. The van der Waals surface area contributed by atoms with E-state index in [4.69, 9.17) is 0 Å². The van der Waals surface area contributed by atoms with Crippen molar-refractivity contribution in [1.29, 1.82) is 0 Å². The molecule has 0 amide bonds. The van der Waals surface area contributed by atoms with Gasteiger partial charge in [0, 0.05) is 26.7 Å². The summed E-state index contributed by atoms with van der Waals surface area (Å²) in [6.07, 6.45) is 1.39. The summed E-state index contributed by atoms with van der Waals surface area (Å²) in [5.74, 6) is 0.695. The lowest BCUT2D eigenvalue weighted by Crippen LogP contribution is -2.26. The number of nitrogens with zero attached hydrogens (tertiary/aromatic N) is 5. The predicted octanol–water partition coefficient (Wildman–Crippen LogP) is 2.87. The highest BCUT2D eigenvalue weighted by atomic mass is 16.6. The van der Waals surface area contributed by atoms with Gasteiger partial charge in [0.05, 0.1) is 4.92 Å². The molecule has 0 saturated heterocycles. The first kappa shape index (κ1) is 16.7. The monoisotopic (exact) mass is 315 g/mol. The van der Waals surface area contributed by atoms with Gasteiger partial charge in [-0.15, -0.1) is 0 Å². The molecule has 7 nitrogen and oxygen atoms in total. The lowest BCUT2D eigenvalue weighted by molar-refractivity contribution is -0.383. The minimum atomic E-state index is -0.398. The van der Waals surface area contributed by atoms with E-state index in [0.29, 0.717) is 31.3 Å². The number of benzene rings is 1. The van der Waals surface area contributed by atoms with Crippen molar-refractivity contribution in [1.82, 2.24) is 9.97 Å². The number of aromatic nitrogens is 2. The summed E-state index contributed by atoms with van der Waals surface area (Å²) in [5, 5.41) is 11.6. The third kappa shape index (κ3) is 3.74. The van der Waals surface area contributed by atoms with Gasteiger partial charge in [-0.25, -0.2) is 9.97 Å². The maximum absolute atomic E-state index is 11.6. The molecule has 0 fully saturated rings. The van der Waals surface area contributed by atoms with Crippen LogP contribution in [0.1, 0.15) is 19.4 Å². The highest BCUT2D eigenvalue weighted by Crippen LogP contribution is 2.33. The van der Waals surface area contributed by atoms with Crippen LogP contribution in [-0.4, -0.2) is 35.0 Å². The number of rotatable bonds is 7. The fourth-order valence-electron chi connectivity index (χ4n) is 2.49. The zero-order valence-corrected chi connectivity index (χ0v) is 13.6. The maximum atomic E-state index is 11.6. The molecule has 7 heteroatoms. The maximum Gasteiger partial charge on any atom is 0.353 e. The molecule has 2 rings (SSSR count). The molecule has 0 aliphatic heterocycles. The third-order valence-electron chi connectivity index (χ3n) is 3.65. The molecule has 0 aliphatic rings. The van der Waals surface area contributed by atoms with Gasteiger partial charge in [0.2, 0.25) is 11.6 Å². The van der Waals surface area contributed by atoms with Crippen molar-refractivity contribution >= 4 is 17.3 Å². The minimum absolute atomic E-state index is 0.0466. The van der Waals surface area contributed by atoms with Crippen LogP contribution in [0.3, 0.4) is 0 Å². The Hall–Kier alpha value is -2.70. The normalized spacial score (nSPS) is 10.4. The molecule has 0 aliphatic carbocycles. The molecular formula is C16H21N5O2.